The smallest absolute Gasteiger partial charge is 0.413 e. The lowest BCUT2D eigenvalue weighted by molar-refractivity contribution is 0.121. The van der Waals surface area contributed by atoms with Crippen molar-refractivity contribution >= 4 is 27.6 Å². The fourth-order valence-electron chi connectivity index (χ4n) is 2.60. The van der Waals surface area contributed by atoms with Crippen LogP contribution >= 0.6 is 0 Å². The lowest BCUT2D eigenvalue weighted by Crippen LogP contribution is -2.18. The van der Waals surface area contributed by atoms with Crippen LogP contribution in [0.3, 0.4) is 0 Å². The molecule has 1 atom stereocenters. The second-order valence-corrected chi connectivity index (χ2v) is 8.18. The quantitative estimate of drug-likeness (QED) is 0.610. The van der Waals surface area contributed by atoms with Crippen LogP contribution in [0, 0.1) is 5.82 Å². The highest BCUT2D eigenvalue weighted by atomic mass is 32.2. The maximum absolute atomic E-state index is 13.4. The molecule has 0 radical (unpaired) electrons. The number of nitrogens with one attached hydrogen (secondary N) is 2. The number of rotatable bonds is 6. The Bertz CT molecular complexity index is 1160. The molecule has 3 aromatic rings. The van der Waals surface area contributed by atoms with Gasteiger partial charge in [0.05, 0.1) is 36.1 Å². The van der Waals surface area contributed by atoms with Gasteiger partial charge in [-0.25, -0.2) is 27.6 Å². The maximum Gasteiger partial charge on any atom is 0.413 e. The highest BCUT2D eigenvalue weighted by Crippen LogP contribution is 2.26. The number of aryl methyl sites for hydroxylation is 1. The molecule has 0 bridgehead atoms. The molecule has 30 heavy (non-hydrogen) atoms. The molecule has 12 heteroatoms. The Kier molecular flexibility index (Phi) is 5.96. The summed E-state index contributed by atoms with van der Waals surface area (Å²) in [6, 6.07) is 5.76. The third-order valence-corrected chi connectivity index (χ3v) is 4.56. The molecule has 1 aromatic carbocycles. The Labute approximate surface area is 172 Å². The van der Waals surface area contributed by atoms with Gasteiger partial charge >= 0.3 is 6.09 Å². The van der Waals surface area contributed by atoms with Gasteiger partial charge in [0.1, 0.15) is 17.7 Å². The number of aromatic nitrogens is 4. The third-order valence-electron chi connectivity index (χ3n) is 3.96. The minimum absolute atomic E-state index is 0.197. The average Bonchev–Trinajstić information content (AvgIpc) is 3.01. The summed E-state index contributed by atoms with van der Waals surface area (Å²) < 4.78 is 44.9. The lowest BCUT2D eigenvalue weighted by atomic mass is 10.1. The predicted molar refractivity (Wildman–Crippen MR) is 108 cm³/mol. The Hall–Kier alpha value is -3.54. The Morgan fingerprint density at radius 3 is 2.57 bits per heavy atom. The van der Waals surface area contributed by atoms with Crippen molar-refractivity contribution in [2.75, 3.05) is 16.3 Å². The summed E-state index contributed by atoms with van der Waals surface area (Å²) >= 11 is 0. The number of carbonyl (C=O) groups excluding carboxylic acids is 1. The molecule has 2 N–H and O–H groups in total. The van der Waals surface area contributed by atoms with Crippen LogP contribution in [0.15, 0.2) is 42.9 Å². The van der Waals surface area contributed by atoms with Crippen LogP contribution in [0.4, 0.5) is 20.7 Å². The minimum Gasteiger partial charge on any atom is -0.441 e. The van der Waals surface area contributed by atoms with Crippen molar-refractivity contribution < 1.29 is 22.3 Å². The van der Waals surface area contributed by atoms with Crippen molar-refractivity contribution in [3.8, 4) is 11.4 Å². The zero-order valence-electron chi connectivity index (χ0n) is 16.3. The molecule has 0 spiro atoms. The van der Waals surface area contributed by atoms with E-state index in [2.05, 4.69) is 25.1 Å². The van der Waals surface area contributed by atoms with Crippen molar-refractivity contribution in [1.29, 1.82) is 0 Å². The van der Waals surface area contributed by atoms with Crippen molar-refractivity contribution in [3.05, 3.63) is 54.2 Å². The largest absolute Gasteiger partial charge is 0.441 e. The summed E-state index contributed by atoms with van der Waals surface area (Å²) in [5, 5.41) is 6.66. The molecule has 0 saturated carbocycles. The molecule has 158 valence electrons. The van der Waals surface area contributed by atoms with E-state index in [-0.39, 0.29) is 17.3 Å². The topological polar surface area (TPSA) is 128 Å². The molecule has 2 aromatic heterocycles. The normalized spacial score (nSPS) is 12.3. The number of nitrogens with zero attached hydrogens (tertiary/aromatic N) is 4. The number of sulfonamides is 1. The van der Waals surface area contributed by atoms with E-state index in [1.165, 1.54) is 41.5 Å². The molecule has 0 aliphatic carbocycles. The maximum atomic E-state index is 13.4. The van der Waals surface area contributed by atoms with Crippen LogP contribution in [-0.4, -0.2) is 40.5 Å². The molecular weight excluding hydrogens is 415 g/mol. The lowest BCUT2D eigenvalue weighted by Gasteiger charge is -2.15. The molecular formula is C18H19FN6O4S. The van der Waals surface area contributed by atoms with Gasteiger partial charge in [-0.15, -0.1) is 0 Å². The van der Waals surface area contributed by atoms with E-state index in [1.807, 2.05) is 0 Å². The molecule has 0 saturated heterocycles. The molecule has 2 heterocycles. The summed E-state index contributed by atoms with van der Waals surface area (Å²) in [6.45, 7) is 1.62. The highest BCUT2D eigenvalue weighted by Gasteiger charge is 2.19. The van der Waals surface area contributed by atoms with Gasteiger partial charge in [0.15, 0.2) is 5.82 Å². The van der Waals surface area contributed by atoms with Crippen LogP contribution in [0.2, 0.25) is 0 Å². The van der Waals surface area contributed by atoms with Gasteiger partial charge < -0.3 is 4.74 Å². The number of hydrogen-bond donors (Lipinski definition) is 2. The van der Waals surface area contributed by atoms with E-state index in [1.54, 1.807) is 20.0 Å². The van der Waals surface area contributed by atoms with Gasteiger partial charge in [0.2, 0.25) is 10.0 Å². The molecule has 3 rings (SSSR count). The molecule has 10 nitrogen and oxygen atoms in total. The van der Waals surface area contributed by atoms with Gasteiger partial charge in [0.25, 0.3) is 0 Å². The van der Waals surface area contributed by atoms with Crippen LogP contribution < -0.4 is 10.0 Å². The Morgan fingerprint density at radius 2 is 1.93 bits per heavy atom. The van der Waals surface area contributed by atoms with E-state index in [9.17, 15) is 17.6 Å². The monoisotopic (exact) mass is 434 g/mol. The first-order valence-corrected chi connectivity index (χ1v) is 10.6. The summed E-state index contributed by atoms with van der Waals surface area (Å²) in [7, 11) is -1.85. The molecule has 1 amide bonds. The van der Waals surface area contributed by atoms with Crippen LogP contribution in [0.5, 0.6) is 0 Å². The second-order valence-electron chi connectivity index (χ2n) is 6.43. The van der Waals surface area contributed by atoms with Crippen molar-refractivity contribution in [2.24, 2.45) is 7.05 Å². The number of amides is 1. The number of ether oxygens (including phenoxy) is 1. The second kappa shape index (κ2) is 8.45. The van der Waals surface area contributed by atoms with Gasteiger partial charge in [-0.1, -0.05) is 12.1 Å². The van der Waals surface area contributed by atoms with Gasteiger partial charge in [-0.3, -0.25) is 14.7 Å². The zero-order valence-corrected chi connectivity index (χ0v) is 17.1. The van der Waals surface area contributed by atoms with E-state index < -0.39 is 28.0 Å². The van der Waals surface area contributed by atoms with Gasteiger partial charge in [0, 0.05) is 7.05 Å². The van der Waals surface area contributed by atoms with Gasteiger partial charge in [-0.05, 0) is 24.6 Å². The van der Waals surface area contributed by atoms with Crippen LogP contribution in [0.1, 0.15) is 18.6 Å². The van der Waals surface area contributed by atoms with E-state index in [4.69, 9.17) is 4.74 Å². The zero-order chi connectivity index (χ0) is 21.9. The molecule has 0 unspecified atom stereocenters. The number of carbonyl (C=O) groups is 1. The van der Waals surface area contributed by atoms with E-state index >= 15 is 0 Å². The minimum atomic E-state index is -3.46. The summed E-state index contributed by atoms with van der Waals surface area (Å²) in [6.07, 6.45) is 3.60. The summed E-state index contributed by atoms with van der Waals surface area (Å²) in [5.41, 5.74) is 1.11. The standard InChI is InChI=1S/C18H19FN6O4S/c1-11(12-5-4-6-13(19)7-12)29-18(26)23-17-15(10-22-25(17)2)16-20-8-14(9-21-16)24-30(3,27)28/h4-11,24H,1-3H3,(H,23,26)/t11-/m1/s1. The average molecular weight is 434 g/mol. The number of anilines is 2. The van der Waals surface area contributed by atoms with Crippen molar-refractivity contribution in [2.45, 2.75) is 13.0 Å². The first kappa shape index (κ1) is 21.2. The van der Waals surface area contributed by atoms with Crippen LogP contribution in [0.25, 0.3) is 11.4 Å². The van der Waals surface area contributed by atoms with E-state index in [0.717, 1.165) is 6.26 Å². The fraction of sp³-hybridized carbons (Fsp3) is 0.222. The number of halogens is 1. The Balaban J connectivity index is 1.75. The first-order valence-electron chi connectivity index (χ1n) is 8.67. The van der Waals surface area contributed by atoms with Crippen molar-refractivity contribution in [3.63, 3.8) is 0 Å². The SMILES string of the molecule is C[C@@H](OC(=O)Nc1c(-c2ncc(NS(C)(=O)=O)cn2)cnn1C)c1cccc(F)c1. The molecule has 0 aliphatic heterocycles. The molecule has 0 aliphatic rings. The van der Waals surface area contributed by atoms with E-state index in [0.29, 0.717) is 11.1 Å². The van der Waals surface area contributed by atoms with Crippen molar-refractivity contribution in [1.82, 2.24) is 19.7 Å². The number of hydrogen-bond acceptors (Lipinski definition) is 7. The van der Waals surface area contributed by atoms with Crippen LogP contribution in [-0.2, 0) is 21.8 Å². The summed E-state index contributed by atoms with van der Waals surface area (Å²) in [5.74, 6) is 0.0640. The first-order chi connectivity index (χ1) is 14.1. The third kappa shape index (κ3) is 5.29. The fourth-order valence-corrected chi connectivity index (χ4v) is 3.13. The highest BCUT2D eigenvalue weighted by molar-refractivity contribution is 7.92. The molecule has 0 fully saturated rings. The predicted octanol–water partition coefficient (Wildman–Crippen LogP) is 2.70. The Morgan fingerprint density at radius 1 is 1.23 bits per heavy atom. The summed E-state index contributed by atoms with van der Waals surface area (Å²) in [4.78, 5) is 20.6. The number of benzene rings is 1. The van der Waals surface area contributed by atoms with Gasteiger partial charge in [-0.2, -0.15) is 5.10 Å².